The highest BCUT2D eigenvalue weighted by molar-refractivity contribution is 5.29. The Morgan fingerprint density at radius 2 is 1.52 bits per heavy atom. The molecular formula is C18H19F4N3. The van der Waals surface area contributed by atoms with E-state index in [9.17, 15) is 17.6 Å². The minimum absolute atomic E-state index is 0.265. The molecular weight excluding hydrogens is 334 g/mol. The molecule has 3 rings (SSSR count). The number of nitrogens with zero attached hydrogens (tertiary/aromatic N) is 3. The van der Waals surface area contributed by atoms with Crippen molar-refractivity contribution in [2.75, 3.05) is 26.2 Å². The quantitative estimate of drug-likeness (QED) is 0.784. The number of alkyl halides is 3. The van der Waals surface area contributed by atoms with Gasteiger partial charge in [-0.05, 0) is 23.8 Å². The number of piperazine rings is 1. The van der Waals surface area contributed by atoms with Gasteiger partial charge in [0.15, 0.2) is 0 Å². The van der Waals surface area contributed by atoms with E-state index in [1.807, 2.05) is 4.90 Å². The lowest BCUT2D eigenvalue weighted by atomic mass is 10.1. The van der Waals surface area contributed by atoms with E-state index in [0.717, 1.165) is 6.07 Å². The van der Waals surface area contributed by atoms with Crippen LogP contribution < -0.4 is 0 Å². The van der Waals surface area contributed by atoms with E-state index in [2.05, 4.69) is 9.88 Å². The van der Waals surface area contributed by atoms with E-state index in [4.69, 9.17) is 0 Å². The van der Waals surface area contributed by atoms with Crippen LogP contribution in [-0.4, -0.2) is 41.0 Å². The van der Waals surface area contributed by atoms with Crippen molar-refractivity contribution < 1.29 is 17.6 Å². The SMILES string of the molecule is Fc1cccnc1CN1CCN(Cc2ccccc2C(F)(F)F)CC1. The summed E-state index contributed by atoms with van der Waals surface area (Å²) in [7, 11) is 0. The molecule has 0 unspecified atom stereocenters. The van der Waals surface area contributed by atoms with Crippen LogP contribution in [-0.2, 0) is 19.3 Å². The third-order valence-electron chi connectivity index (χ3n) is 4.39. The van der Waals surface area contributed by atoms with Crippen LogP contribution in [0.4, 0.5) is 17.6 Å². The summed E-state index contributed by atoms with van der Waals surface area (Å²) in [5.41, 5.74) is 0.116. The zero-order valence-electron chi connectivity index (χ0n) is 13.6. The minimum Gasteiger partial charge on any atom is -0.297 e. The smallest absolute Gasteiger partial charge is 0.297 e. The predicted octanol–water partition coefficient (Wildman–Crippen LogP) is 3.56. The van der Waals surface area contributed by atoms with Crippen LogP contribution in [0.2, 0.25) is 0 Å². The molecule has 0 amide bonds. The van der Waals surface area contributed by atoms with Crippen LogP contribution in [0.3, 0.4) is 0 Å². The van der Waals surface area contributed by atoms with Crippen LogP contribution in [0.5, 0.6) is 0 Å². The highest BCUT2D eigenvalue weighted by Crippen LogP contribution is 2.32. The molecule has 0 radical (unpaired) electrons. The molecule has 7 heteroatoms. The largest absolute Gasteiger partial charge is 0.416 e. The summed E-state index contributed by atoms with van der Waals surface area (Å²) >= 11 is 0. The van der Waals surface area contributed by atoms with Gasteiger partial charge in [-0.1, -0.05) is 18.2 Å². The Morgan fingerprint density at radius 3 is 2.16 bits per heavy atom. The Morgan fingerprint density at radius 1 is 0.880 bits per heavy atom. The molecule has 1 aliphatic rings. The van der Waals surface area contributed by atoms with Gasteiger partial charge in [-0.25, -0.2) is 4.39 Å². The summed E-state index contributed by atoms with van der Waals surface area (Å²) in [4.78, 5) is 8.11. The fraction of sp³-hybridized carbons (Fsp3) is 0.389. The van der Waals surface area contributed by atoms with Crippen LogP contribution in [0.25, 0.3) is 0 Å². The third-order valence-corrected chi connectivity index (χ3v) is 4.39. The topological polar surface area (TPSA) is 19.4 Å². The minimum atomic E-state index is -4.34. The normalized spacial score (nSPS) is 17.0. The van der Waals surface area contributed by atoms with E-state index >= 15 is 0 Å². The van der Waals surface area contributed by atoms with E-state index in [1.54, 1.807) is 18.3 Å². The fourth-order valence-corrected chi connectivity index (χ4v) is 3.03. The summed E-state index contributed by atoms with van der Waals surface area (Å²) in [5, 5.41) is 0. The molecule has 2 aromatic rings. The van der Waals surface area contributed by atoms with E-state index in [1.165, 1.54) is 18.2 Å². The first-order valence-electron chi connectivity index (χ1n) is 8.12. The van der Waals surface area contributed by atoms with Crippen LogP contribution >= 0.6 is 0 Å². The van der Waals surface area contributed by atoms with Gasteiger partial charge in [-0.3, -0.25) is 14.8 Å². The first-order chi connectivity index (χ1) is 11.9. The maximum absolute atomic E-state index is 13.7. The van der Waals surface area contributed by atoms with Gasteiger partial charge in [-0.2, -0.15) is 13.2 Å². The van der Waals surface area contributed by atoms with Gasteiger partial charge in [0.05, 0.1) is 11.3 Å². The average molecular weight is 353 g/mol. The highest BCUT2D eigenvalue weighted by atomic mass is 19.4. The standard InChI is InChI=1S/C18H19F4N3/c19-16-6-3-7-23-17(16)13-25-10-8-24(9-11-25)12-14-4-1-2-5-15(14)18(20,21)22/h1-7H,8-13H2. The molecule has 1 fully saturated rings. The molecule has 0 aliphatic carbocycles. The Bertz CT molecular complexity index is 709. The predicted molar refractivity (Wildman–Crippen MR) is 86.2 cm³/mol. The van der Waals surface area contributed by atoms with Gasteiger partial charge in [-0.15, -0.1) is 0 Å². The summed E-state index contributed by atoms with van der Waals surface area (Å²) < 4.78 is 52.9. The van der Waals surface area contributed by atoms with Crippen LogP contribution in [0, 0.1) is 5.82 Å². The number of pyridine rings is 1. The lowest BCUT2D eigenvalue weighted by molar-refractivity contribution is -0.138. The van der Waals surface area contributed by atoms with E-state index in [-0.39, 0.29) is 12.4 Å². The molecule has 2 heterocycles. The molecule has 25 heavy (non-hydrogen) atoms. The van der Waals surface area contributed by atoms with Gasteiger partial charge >= 0.3 is 6.18 Å². The molecule has 134 valence electrons. The van der Waals surface area contributed by atoms with Crippen molar-refractivity contribution in [3.63, 3.8) is 0 Å². The molecule has 0 saturated carbocycles. The molecule has 0 spiro atoms. The summed E-state index contributed by atoms with van der Waals surface area (Å²) in [6, 6.07) is 8.62. The molecule has 3 nitrogen and oxygen atoms in total. The van der Waals surface area contributed by atoms with Gasteiger partial charge in [0.25, 0.3) is 0 Å². The molecule has 1 aromatic heterocycles. The maximum Gasteiger partial charge on any atom is 0.416 e. The third kappa shape index (κ3) is 4.55. The number of halogens is 4. The second-order valence-electron chi connectivity index (χ2n) is 6.14. The van der Waals surface area contributed by atoms with Gasteiger partial charge in [0.2, 0.25) is 0 Å². The highest BCUT2D eigenvalue weighted by Gasteiger charge is 2.33. The second-order valence-corrected chi connectivity index (χ2v) is 6.14. The number of benzene rings is 1. The lowest BCUT2D eigenvalue weighted by Gasteiger charge is -2.35. The molecule has 1 aliphatic heterocycles. The number of hydrogen-bond donors (Lipinski definition) is 0. The van der Waals surface area contributed by atoms with Gasteiger partial charge in [0.1, 0.15) is 5.82 Å². The molecule has 0 atom stereocenters. The van der Waals surface area contributed by atoms with Crippen LogP contribution in [0.15, 0.2) is 42.6 Å². The number of rotatable bonds is 4. The van der Waals surface area contributed by atoms with Crippen molar-refractivity contribution in [3.8, 4) is 0 Å². The van der Waals surface area contributed by atoms with Crippen molar-refractivity contribution in [1.82, 2.24) is 14.8 Å². The Kier molecular flexibility index (Phi) is 5.34. The molecule has 0 bridgehead atoms. The van der Waals surface area contributed by atoms with Crippen LogP contribution in [0.1, 0.15) is 16.8 Å². The first kappa shape index (κ1) is 17.8. The van der Waals surface area contributed by atoms with Crippen molar-refractivity contribution in [2.45, 2.75) is 19.3 Å². The Labute approximate surface area is 143 Å². The van der Waals surface area contributed by atoms with Crippen molar-refractivity contribution in [1.29, 1.82) is 0 Å². The van der Waals surface area contributed by atoms with Gasteiger partial charge < -0.3 is 0 Å². The first-order valence-corrected chi connectivity index (χ1v) is 8.12. The number of aromatic nitrogens is 1. The monoisotopic (exact) mass is 353 g/mol. The summed E-state index contributed by atoms with van der Waals surface area (Å²) in [5.74, 6) is -0.330. The Balaban J connectivity index is 1.58. The Hall–Kier alpha value is -1.99. The van der Waals surface area contributed by atoms with Crippen molar-refractivity contribution in [2.24, 2.45) is 0 Å². The summed E-state index contributed by atoms with van der Waals surface area (Å²) in [6.07, 6.45) is -2.78. The van der Waals surface area contributed by atoms with Gasteiger partial charge in [0, 0.05) is 45.5 Å². The zero-order valence-corrected chi connectivity index (χ0v) is 13.6. The van der Waals surface area contributed by atoms with Crippen molar-refractivity contribution in [3.05, 3.63) is 65.2 Å². The molecule has 0 N–H and O–H groups in total. The maximum atomic E-state index is 13.7. The molecule has 1 saturated heterocycles. The zero-order chi connectivity index (χ0) is 17.9. The second kappa shape index (κ2) is 7.49. The van der Waals surface area contributed by atoms with Crippen molar-refractivity contribution >= 4 is 0 Å². The molecule has 1 aromatic carbocycles. The average Bonchev–Trinajstić information content (AvgIpc) is 2.58. The fourth-order valence-electron chi connectivity index (χ4n) is 3.03. The van der Waals surface area contributed by atoms with E-state index in [0.29, 0.717) is 44.0 Å². The number of hydrogen-bond acceptors (Lipinski definition) is 3. The van der Waals surface area contributed by atoms with E-state index < -0.39 is 11.7 Å². The lowest BCUT2D eigenvalue weighted by Crippen LogP contribution is -2.45. The summed E-state index contributed by atoms with van der Waals surface area (Å²) in [6.45, 7) is 3.30.